The molecule has 3 aromatic carbocycles. The van der Waals surface area contributed by atoms with Crippen LogP contribution >= 0.6 is 0 Å². The number of carbonyl (C=O) groups is 3. The molecule has 9 heteroatoms. The monoisotopic (exact) mass is 548 g/mol. The van der Waals surface area contributed by atoms with Gasteiger partial charge in [0.25, 0.3) is 0 Å². The first kappa shape index (κ1) is 28.9. The maximum Gasteiger partial charge on any atom is 0.303 e. The van der Waals surface area contributed by atoms with E-state index < -0.39 is 54.2 Å². The Balaban J connectivity index is 1.79. The van der Waals surface area contributed by atoms with Crippen LogP contribution in [0.4, 0.5) is 0 Å². The summed E-state index contributed by atoms with van der Waals surface area (Å²) in [6.07, 6.45) is -6.82. The molecule has 0 aliphatic carbocycles. The third-order valence-corrected chi connectivity index (χ3v) is 6.52. The molecule has 210 valence electrons. The molecule has 1 saturated heterocycles. The molecule has 0 amide bonds. The number of benzene rings is 3. The van der Waals surface area contributed by atoms with Crippen LogP contribution in [-0.4, -0.2) is 60.3 Å². The number of rotatable bonds is 9. The van der Waals surface area contributed by atoms with Gasteiger partial charge in [-0.15, -0.1) is 0 Å². The van der Waals surface area contributed by atoms with Gasteiger partial charge in [-0.05, 0) is 16.7 Å². The van der Waals surface area contributed by atoms with Crippen LogP contribution in [0.25, 0.3) is 0 Å². The summed E-state index contributed by atoms with van der Waals surface area (Å²) < 4.78 is 28.8. The predicted molar refractivity (Wildman–Crippen MR) is 143 cm³/mol. The van der Waals surface area contributed by atoms with Crippen LogP contribution < -0.4 is 0 Å². The average molecular weight is 549 g/mol. The molecule has 1 heterocycles. The molecule has 40 heavy (non-hydrogen) atoms. The fourth-order valence-electron chi connectivity index (χ4n) is 4.98. The quantitative estimate of drug-likeness (QED) is 0.244. The lowest BCUT2D eigenvalue weighted by Gasteiger charge is -2.44. The van der Waals surface area contributed by atoms with Gasteiger partial charge >= 0.3 is 17.9 Å². The molecule has 1 N–H and O–H groups in total. The van der Waals surface area contributed by atoms with Crippen LogP contribution in [0.1, 0.15) is 37.5 Å². The van der Waals surface area contributed by atoms with Crippen LogP contribution in [-0.2, 0) is 43.7 Å². The third kappa shape index (κ3) is 6.39. The molecule has 9 nitrogen and oxygen atoms in total. The van der Waals surface area contributed by atoms with Crippen molar-refractivity contribution < 1.29 is 43.2 Å². The van der Waals surface area contributed by atoms with Gasteiger partial charge in [0.15, 0.2) is 24.6 Å². The first-order chi connectivity index (χ1) is 19.2. The maximum absolute atomic E-state index is 12.1. The van der Waals surface area contributed by atoms with Gasteiger partial charge in [-0.25, -0.2) is 0 Å². The molecule has 0 saturated carbocycles. The molecule has 0 radical (unpaired) electrons. The summed E-state index contributed by atoms with van der Waals surface area (Å²) in [4.78, 5) is 35.9. The Morgan fingerprint density at radius 2 is 1.02 bits per heavy atom. The first-order valence-electron chi connectivity index (χ1n) is 12.9. The first-order valence-corrected chi connectivity index (χ1v) is 12.9. The maximum atomic E-state index is 12.1. The summed E-state index contributed by atoms with van der Waals surface area (Å²) in [6.45, 7) is 3.28. The second-order valence-corrected chi connectivity index (χ2v) is 9.38. The Labute approximate surface area is 232 Å². The fraction of sp³-hybridized carbons (Fsp3) is 0.323. The Morgan fingerprint density at radius 1 is 0.650 bits per heavy atom. The number of carbonyl (C=O) groups excluding carboxylic acids is 3. The van der Waals surface area contributed by atoms with Crippen LogP contribution in [0, 0.1) is 0 Å². The molecular formula is C31H32O9. The minimum atomic E-state index is -1.69. The van der Waals surface area contributed by atoms with Crippen molar-refractivity contribution in [3.8, 4) is 0 Å². The van der Waals surface area contributed by atoms with Gasteiger partial charge in [0.05, 0.1) is 6.61 Å². The predicted octanol–water partition coefficient (Wildman–Crippen LogP) is 3.51. The number of aliphatic hydroxyl groups is 1. The lowest BCUT2D eigenvalue weighted by molar-refractivity contribution is -0.299. The summed E-state index contributed by atoms with van der Waals surface area (Å²) in [5.41, 5.74) is 1.33. The SMILES string of the molecule is CC(=O)O[C@H]1[C@@H](OC(C)=O)[C@@H](O)O[C@@H](COC(c2ccccc2)(c2ccccc2)c2ccccc2)[C@H]1OC(C)=O. The average Bonchev–Trinajstić information content (AvgIpc) is 2.94. The molecule has 1 aliphatic heterocycles. The Morgan fingerprint density at radius 3 is 1.43 bits per heavy atom. The third-order valence-electron chi connectivity index (χ3n) is 6.52. The molecule has 5 atom stereocenters. The van der Waals surface area contributed by atoms with Crippen LogP contribution in [0.3, 0.4) is 0 Å². The van der Waals surface area contributed by atoms with E-state index in [1.807, 2.05) is 91.0 Å². The van der Waals surface area contributed by atoms with E-state index in [-0.39, 0.29) is 6.61 Å². The van der Waals surface area contributed by atoms with Crippen molar-refractivity contribution in [2.45, 2.75) is 57.1 Å². The number of hydrogen-bond donors (Lipinski definition) is 1. The van der Waals surface area contributed by atoms with Crippen LogP contribution in [0.2, 0.25) is 0 Å². The van der Waals surface area contributed by atoms with E-state index in [9.17, 15) is 19.5 Å². The number of aliphatic hydroxyl groups excluding tert-OH is 1. The molecule has 0 unspecified atom stereocenters. The summed E-state index contributed by atoms with van der Waals surface area (Å²) >= 11 is 0. The largest absolute Gasteiger partial charge is 0.456 e. The number of esters is 3. The summed E-state index contributed by atoms with van der Waals surface area (Å²) in [7, 11) is 0. The highest BCUT2D eigenvalue weighted by Gasteiger charge is 2.52. The van der Waals surface area contributed by atoms with Crippen molar-refractivity contribution in [3.05, 3.63) is 108 Å². The molecule has 1 fully saturated rings. The zero-order chi connectivity index (χ0) is 28.7. The van der Waals surface area contributed by atoms with Crippen LogP contribution in [0.15, 0.2) is 91.0 Å². The second kappa shape index (κ2) is 12.9. The van der Waals surface area contributed by atoms with E-state index in [1.165, 1.54) is 6.92 Å². The van der Waals surface area contributed by atoms with Gasteiger partial charge in [-0.1, -0.05) is 91.0 Å². The van der Waals surface area contributed by atoms with Gasteiger partial charge in [-0.2, -0.15) is 0 Å². The summed E-state index contributed by atoms with van der Waals surface area (Å²) in [6, 6.07) is 28.8. The fourth-order valence-corrected chi connectivity index (χ4v) is 4.98. The van der Waals surface area contributed by atoms with Crippen molar-refractivity contribution in [1.29, 1.82) is 0 Å². The van der Waals surface area contributed by atoms with E-state index in [1.54, 1.807) is 0 Å². The lowest BCUT2D eigenvalue weighted by atomic mass is 9.80. The van der Waals surface area contributed by atoms with E-state index in [4.69, 9.17) is 23.7 Å². The Bertz CT molecular complexity index is 1180. The molecule has 0 bridgehead atoms. The molecule has 0 spiro atoms. The normalized spacial score (nSPS) is 22.6. The zero-order valence-electron chi connectivity index (χ0n) is 22.5. The van der Waals surface area contributed by atoms with E-state index in [0.29, 0.717) is 0 Å². The zero-order valence-corrected chi connectivity index (χ0v) is 22.5. The second-order valence-electron chi connectivity index (χ2n) is 9.38. The Hall–Kier alpha value is -4.05. The number of hydrogen-bond acceptors (Lipinski definition) is 9. The standard InChI is InChI=1S/C31H32O9/c1-20(32)37-27-26(40-30(35)29(39-22(3)34)28(27)38-21(2)33)19-36-31(23-13-7-4-8-14-23,24-15-9-5-10-16-24)25-17-11-6-12-18-25/h4-18,26-30,35H,19H2,1-3H3/t26-,27+,28+,29+,30-/m0/s1. The van der Waals surface area contributed by atoms with Gasteiger partial charge in [0.1, 0.15) is 11.7 Å². The molecule has 0 aromatic heterocycles. The number of ether oxygens (including phenoxy) is 5. The van der Waals surface area contributed by atoms with E-state index in [0.717, 1.165) is 30.5 Å². The smallest absolute Gasteiger partial charge is 0.303 e. The highest BCUT2D eigenvalue weighted by molar-refractivity contribution is 5.68. The molecule has 3 aromatic rings. The van der Waals surface area contributed by atoms with E-state index in [2.05, 4.69) is 0 Å². The van der Waals surface area contributed by atoms with Gasteiger partial charge in [0, 0.05) is 20.8 Å². The van der Waals surface area contributed by atoms with Gasteiger partial charge < -0.3 is 28.8 Å². The van der Waals surface area contributed by atoms with Crippen molar-refractivity contribution in [1.82, 2.24) is 0 Å². The minimum absolute atomic E-state index is 0.210. The minimum Gasteiger partial charge on any atom is -0.456 e. The highest BCUT2D eigenvalue weighted by Crippen LogP contribution is 2.41. The molecule has 1 aliphatic rings. The molecule has 4 rings (SSSR count). The summed E-state index contributed by atoms with van der Waals surface area (Å²) in [5.74, 6) is -2.15. The highest BCUT2D eigenvalue weighted by atomic mass is 16.7. The summed E-state index contributed by atoms with van der Waals surface area (Å²) in [5, 5.41) is 10.8. The topological polar surface area (TPSA) is 118 Å². The molecular weight excluding hydrogens is 516 g/mol. The van der Waals surface area contributed by atoms with Crippen molar-refractivity contribution in [2.24, 2.45) is 0 Å². The lowest BCUT2D eigenvalue weighted by Crippen LogP contribution is -2.62. The van der Waals surface area contributed by atoms with Gasteiger partial charge in [-0.3, -0.25) is 14.4 Å². The van der Waals surface area contributed by atoms with Crippen molar-refractivity contribution in [3.63, 3.8) is 0 Å². The van der Waals surface area contributed by atoms with Gasteiger partial charge in [0.2, 0.25) is 0 Å². The van der Waals surface area contributed by atoms with E-state index >= 15 is 0 Å². The van der Waals surface area contributed by atoms with Crippen molar-refractivity contribution in [2.75, 3.05) is 6.61 Å². The van der Waals surface area contributed by atoms with Crippen LogP contribution in [0.5, 0.6) is 0 Å². The van der Waals surface area contributed by atoms with Crippen molar-refractivity contribution >= 4 is 17.9 Å². The Kier molecular flexibility index (Phi) is 9.31.